The fraction of sp³-hybridized carbons (Fsp3) is 0.308. The highest BCUT2D eigenvalue weighted by atomic mass is 35.5. The molecule has 1 aromatic carbocycles. The second-order valence-electron chi connectivity index (χ2n) is 3.98. The van der Waals surface area contributed by atoms with Crippen LogP contribution >= 0.6 is 11.6 Å². The summed E-state index contributed by atoms with van der Waals surface area (Å²) >= 11 is 6.12. The number of hydrogen-bond donors (Lipinski definition) is 1. The van der Waals surface area contributed by atoms with E-state index in [0.29, 0.717) is 30.4 Å². The van der Waals surface area contributed by atoms with E-state index in [2.05, 4.69) is 5.16 Å². The van der Waals surface area contributed by atoms with Crippen molar-refractivity contribution in [3.8, 4) is 5.75 Å². The third-order valence-electron chi connectivity index (χ3n) is 2.52. The lowest BCUT2D eigenvalue weighted by Gasteiger charge is -2.11. The molecule has 2 N–H and O–H groups in total. The summed E-state index contributed by atoms with van der Waals surface area (Å²) in [5, 5.41) is 4.48. The van der Waals surface area contributed by atoms with Crippen molar-refractivity contribution in [1.82, 2.24) is 5.16 Å². The second-order valence-corrected chi connectivity index (χ2v) is 4.39. The van der Waals surface area contributed by atoms with Gasteiger partial charge < -0.3 is 15.0 Å². The quantitative estimate of drug-likeness (QED) is 0.904. The van der Waals surface area contributed by atoms with Crippen LogP contribution in [0, 0.1) is 6.92 Å². The van der Waals surface area contributed by atoms with E-state index in [1.54, 1.807) is 0 Å². The molecule has 0 aliphatic rings. The van der Waals surface area contributed by atoms with E-state index in [4.69, 9.17) is 26.6 Å². The van der Waals surface area contributed by atoms with Crippen molar-refractivity contribution in [3.05, 3.63) is 46.3 Å². The number of hydrogen-bond acceptors (Lipinski definition) is 4. The molecular formula is C13H15ClN2O2. The van der Waals surface area contributed by atoms with E-state index >= 15 is 0 Å². The van der Waals surface area contributed by atoms with E-state index in [9.17, 15) is 0 Å². The van der Waals surface area contributed by atoms with Gasteiger partial charge in [0, 0.05) is 16.7 Å². The molecule has 1 heterocycles. The first-order valence-corrected chi connectivity index (χ1v) is 6.11. The van der Waals surface area contributed by atoms with Crippen LogP contribution in [0.5, 0.6) is 5.75 Å². The Morgan fingerprint density at radius 1 is 1.44 bits per heavy atom. The number of ether oxygens (including phenoxy) is 1. The van der Waals surface area contributed by atoms with Crippen LogP contribution in [0.4, 0.5) is 0 Å². The van der Waals surface area contributed by atoms with Gasteiger partial charge >= 0.3 is 0 Å². The number of benzene rings is 1. The topological polar surface area (TPSA) is 61.3 Å². The molecular weight excluding hydrogens is 252 g/mol. The summed E-state index contributed by atoms with van der Waals surface area (Å²) < 4.78 is 10.8. The molecule has 0 spiro atoms. The maximum atomic E-state index is 6.12. The number of aryl methyl sites for hydroxylation is 1. The molecule has 0 radical (unpaired) electrons. The average molecular weight is 267 g/mol. The molecule has 18 heavy (non-hydrogen) atoms. The van der Waals surface area contributed by atoms with Crippen molar-refractivity contribution in [2.24, 2.45) is 5.73 Å². The highest BCUT2D eigenvalue weighted by molar-refractivity contribution is 6.31. The minimum absolute atomic E-state index is 0.332. The van der Waals surface area contributed by atoms with Crippen LogP contribution in [0.15, 0.2) is 28.8 Å². The minimum atomic E-state index is 0.332. The molecule has 0 aliphatic heterocycles. The zero-order chi connectivity index (χ0) is 13.0. The van der Waals surface area contributed by atoms with Gasteiger partial charge in [0.25, 0.3) is 0 Å². The molecule has 0 amide bonds. The molecule has 2 aromatic rings. The van der Waals surface area contributed by atoms with Gasteiger partial charge in [-0.05, 0) is 32.0 Å². The molecule has 0 saturated carbocycles. The second kappa shape index (κ2) is 5.89. The Bertz CT molecular complexity index is 525. The largest absolute Gasteiger partial charge is 0.485 e. The van der Waals surface area contributed by atoms with Crippen LogP contribution in [-0.4, -0.2) is 11.7 Å². The molecule has 5 heteroatoms. The first-order valence-electron chi connectivity index (χ1n) is 5.73. The van der Waals surface area contributed by atoms with Crippen molar-refractivity contribution in [1.29, 1.82) is 0 Å². The number of aromatic nitrogens is 1. The Balaban J connectivity index is 2.11. The maximum Gasteiger partial charge on any atom is 0.174 e. The fourth-order valence-electron chi connectivity index (χ4n) is 1.69. The predicted molar refractivity (Wildman–Crippen MR) is 69.8 cm³/mol. The molecule has 0 unspecified atom stereocenters. The standard InChI is InChI=1S/C13H15ClN2O2/c1-9-7-10(18-16-9)8-17-13-4-2-3-12(14)11(13)5-6-15/h2-4,7H,5-6,8,15H2,1H3. The monoisotopic (exact) mass is 266 g/mol. The Hall–Kier alpha value is -1.52. The van der Waals surface area contributed by atoms with Gasteiger partial charge in [-0.1, -0.05) is 22.8 Å². The SMILES string of the molecule is Cc1cc(COc2cccc(Cl)c2CCN)on1. The zero-order valence-electron chi connectivity index (χ0n) is 10.1. The third kappa shape index (κ3) is 3.03. The number of halogens is 1. The van der Waals surface area contributed by atoms with E-state index in [1.165, 1.54) is 0 Å². The summed E-state index contributed by atoms with van der Waals surface area (Å²) in [5.74, 6) is 1.42. The molecule has 0 bridgehead atoms. The number of rotatable bonds is 5. The van der Waals surface area contributed by atoms with Gasteiger partial charge in [-0.25, -0.2) is 0 Å². The van der Waals surface area contributed by atoms with Gasteiger partial charge in [0.1, 0.15) is 12.4 Å². The lowest BCUT2D eigenvalue weighted by atomic mass is 10.1. The molecule has 2 rings (SSSR count). The van der Waals surface area contributed by atoms with E-state index in [-0.39, 0.29) is 0 Å². The highest BCUT2D eigenvalue weighted by Gasteiger charge is 2.09. The molecule has 96 valence electrons. The van der Waals surface area contributed by atoms with Crippen molar-refractivity contribution in [2.45, 2.75) is 20.0 Å². The van der Waals surface area contributed by atoms with E-state index in [1.807, 2.05) is 31.2 Å². The minimum Gasteiger partial charge on any atom is -0.485 e. The first-order chi connectivity index (χ1) is 8.70. The van der Waals surface area contributed by atoms with Crippen molar-refractivity contribution < 1.29 is 9.26 Å². The zero-order valence-corrected chi connectivity index (χ0v) is 10.9. The first kappa shape index (κ1) is 12.9. The van der Waals surface area contributed by atoms with Crippen LogP contribution in [0.1, 0.15) is 17.0 Å². The fourth-order valence-corrected chi connectivity index (χ4v) is 1.95. The Morgan fingerprint density at radius 2 is 2.28 bits per heavy atom. The lowest BCUT2D eigenvalue weighted by Crippen LogP contribution is -2.06. The summed E-state index contributed by atoms with van der Waals surface area (Å²) in [4.78, 5) is 0. The summed E-state index contributed by atoms with van der Waals surface area (Å²) in [5.41, 5.74) is 7.33. The van der Waals surface area contributed by atoms with Gasteiger partial charge in [-0.2, -0.15) is 0 Å². The molecule has 0 fully saturated rings. The summed E-state index contributed by atoms with van der Waals surface area (Å²) in [6, 6.07) is 7.40. The normalized spacial score (nSPS) is 10.6. The molecule has 0 aliphatic carbocycles. The van der Waals surface area contributed by atoms with Crippen LogP contribution in [0.25, 0.3) is 0 Å². The van der Waals surface area contributed by atoms with Gasteiger partial charge in [-0.15, -0.1) is 0 Å². The predicted octanol–water partition coefficient (Wildman–Crippen LogP) is 2.72. The lowest BCUT2D eigenvalue weighted by molar-refractivity contribution is 0.247. The van der Waals surface area contributed by atoms with Gasteiger partial charge in [0.2, 0.25) is 0 Å². The number of nitrogens with two attached hydrogens (primary N) is 1. The van der Waals surface area contributed by atoms with Crippen LogP contribution in [0.2, 0.25) is 5.02 Å². The summed E-state index contributed by atoms with van der Waals surface area (Å²) in [6.07, 6.45) is 0.685. The van der Waals surface area contributed by atoms with Crippen molar-refractivity contribution in [3.63, 3.8) is 0 Å². The highest BCUT2D eigenvalue weighted by Crippen LogP contribution is 2.27. The Labute approximate surface area is 111 Å². The van der Waals surface area contributed by atoms with Crippen molar-refractivity contribution >= 4 is 11.6 Å². The van der Waals surface area contributed by atoms with Gasteiger partial charge in [-0.3, -0.25) is 0 Å². The summed E-state index contributed by atoms with van der Waals surface area (Å²) in [7, 11) is 0. The molecule has 1 aromatic heterocycles. The third-order valence-corrected chi connectivity index (χ3v) is 2.87. The molecule has 0 saturated heterocycles. The molecule has 0 atom stereocenters. The summed E-state index contributed by atoms with van der Waals surface area (Å²) in [6.45, 7) is 2.73. The van der Waals surface area contributed by atoms with Crippen LogP contribution in [0.3, 0.4) is 0 Å². The molecule has 4 nitrogen and oxygen atoms in total. The average Bonchev–Trinajstić information content (AvgIpc) is 2.76. The smallest absolute Gasteiger partial charge is 0.174 e. The Morgan fingerprint density at radius 3 is 2.94 bits per heavy atom. The van der Waals surface area contributed by atoms with Crippen LogP contribution in [-0.2, 0) is 13.0 Å². The Kier molecular flexibility index (Phi) is 4.23. The maximum absolute atomic E-state index is 6.12. The van der Waals surface area contributed by atoms with Crippen molar-refractivity contribution in [2.75, 3.05) is 6.54 Å². The number of nitrogens with zero attached hydrogens (tertiary/aromatic N) is 1. The van der Waals surface area contributed by atoms with E-state index in [0.717, 1.165) is 17.0 Å². The van der Waals surface area contributed by atoms with Gasteiger partial charge in [0.05, 0.1) is 5.69 Å². The van der Waals surface area contributed by atoms with Crippen LogP contribution < -0.4 is 10.5 Å². The van der Waals surface area contributed by atoms with E-state index < -0.39 is 0 Å². The van der Waals surface area contributed by atoms with Gasteiger partial charge in [0.15, 0.2) is 5.76 Å².